The second kappa shape index (κ2) is 5.93. The summed E-state index contributed by atoms with van der Waals surface area (Å²) in [4.78, 5) is 24.7. The molecule has 0 unspecified atom stereocenters. The summed E-state index contributed by atoms with van der Waals surface area (Å²) in [5, 5.41) is 0. The second-order valence-corrected chi connectivity index (χ2v) is 7.48. The molecule has 0 N–H and O–H groups in total. The lowest BCUT2D eigenvalue weighted by atomic mass is 10.1. The molecular weight excluding hydrogens is 320 g/mol. The van der Waals surface area contributed by atoms with E-state index >= 15 is 0 Å². The number of hydrogen-bond acceptors (Lipinski definition) is 5. The van der Waals surface area contributed by atoms with E-state index in [0.29, 0.717) is 12.4 Å². The van der Waals surface area contributed by atoms with E-state index in [1.165, 1.54) is 21.3 Å². The number of nitrogens with zero attached hydrogens (tertiary/aromatic N) is 2. The van der Waals surface area contributed by atoms with Crippen molar-refractivity contribution in [3.8, 4) is 5.75 Å². The van der Waals surface area contributed by atoms with Gasteiger partial charge in [0.05, 0.1) is 17.5 Å². The first-order valence-corrected chi connectivity index (χ1v) is 8.95. The van der Waals surface area contributed by atoms with E-state index in [2.05, 4.69) is 0 Å². The van der Waals surface area contributed by atoms with E-state index in [1.54, 1.807) is 12.1 Å². The van der Waals surface area contributed by atoms with Crippen LogP contribution in [0, 0.1) is 0 Å². The Kier molecular flexibility index (Phi) is 4.11. The van der Waals surface area contributed by atoms with Gasteiger partial charge in [0.1, 0.15) is 5.75 Å². The molecule has 23 heavy (non-hydrogen) atoms. The molecule has 2 fully saturated rings. The van der Waals surface area contributed by atoms with Crippen molar-refractivity contribution in [2.45, 2.75) is 30.7 Å². The number of likely N-dealkylation sites (tertiary alicyclic amines) is 1. The molecule has 2 heterocycles. The summed E-state index contributed by atoms with van der Waals surface area (Å²) in [6, 6.07) is 5.89. The highest BCUT2D eigenvalue weighted by atomic mass is 32.2. The van der Waals surface area contributed by atoms with Crippen molar-refractivity contribution in [3.63, 3.8) is 0 Å². The number of carbonyl (C=O) groups is 2. The molecule has 2 aliphatic rings. The minimum Gasteiger partial charge on any atom is -0.494 e. The molecule has 0 radical (unpaired) electrons. The van der Waals surface area contributed by atoms with Crippen LogP contribution in [-0.2, 0) is 19.6 Å². The topological polar surface area (TPSA) is 84.0 Å². The molecule has 0 aromatic heterocycles. The first-order chi connectivity index (χ1) is 10.9. The van der Waals surface area contributed by atoms with Crippen LogP contribution in [0.2, 0.25) is 0 Å². The summed E-state index contributed by atoms with van der Waals surface area (Å²) >= 11 is 0. The van der Waals surface area contributed by atoms with Crippen LogP contribution in [0.1, 0.15) is 19.8 Å². The molecule has 124 valence electrons. The van der Waals surface area contributed by atoms with Crippen LogP contribution < -0.4 is 4.74 Å². The maximum atomic E-state index is 12.5. The number of hydrogen-bond donors (Lipinski definition) is 0. The van der Waals surface area contributed by atoms with Gasteiger partial charge in [0.2, 0.25) is 21.8 Å². The van der Waals surface area contributed by atoms with Crippen LogP contribution in [-0.4, -0.2) is 55.2 Å². The third kappa shape index (κ3) is 2.84. The standard InChI is InChI=1S/C15H18N2O5S/c1-2-22-12-3-5-13(6-4-12)23(20,21)16-9-11(10-16)17-14(18)7-8-15(17)19/h3-6,11H,2,7-10H2,1H3. The second-order valence-electron chi connectivity index (χ2n) is 5.54. The lowest BCUT2D eigenvalue weighted by Gasteiger charge is -2.41. The highest BCUT2D eigenvalue weighted by molar-refractivity contribution is 7.89. The summed E-state index contributed by atoms with van der Waals surface area (Å²) in [7, 11) is -3.60. The molecule has 0 spiro atoms. The number of amides is 2. The predicted molar refractivity (Wildman–Crippen MR) is 81.2 cm³/mol. The number of ether oxygens (including phenoxy) is 1. The van der Waals surface area contributed by atoms with Gasteiger partial charge in [0.25, 0.3) is 0 Å². The number of sulfonamides is 1. The average molecular weight is 338 g/mol. The zero-order chi connectivity index (χ0) is 16.6. The van der Waals surface area contributed by atoms with E-state index in [-0.39, 0.29) is 48.7 Å². The van der Waals surface area contributed by atoms with Gasteiger partial charge < -0.3 is 4.74 Å². The Bertz CT molecular complexity index is 707. The van der Waals surface area contributed by atoms with Crippen LogP contribution in [0.5, 0.6) is 5.75 Å². The fourth-order valence-corrected chi connectivity index (χ4v) is 4.32. The number of benzene rings is 1. The third-order valence-electron chi connectivity index (χ3n) is 4.06. The molecule has 2 amide bonds. The quantitative estimate of drug-likeness (QED) is 0.735. The fourth-order valence-electron chi connectivity index (χ4n) is 2.80. The van der Waals surface area contributed by atoms with Crippen LogP contribution in [0.4, 0.5) is 0 Å². The molecular formula is C15H18N2O5S. The summed E-state index contributed by atoms with van der Waals surface area (Å²) < 4.78 is 31.6. The van der Waals surface area contributed by atoms with E-state index in [9.17, 15) is 18.0 Å². The van der Waals surface area contributed by atoms with Gasteiger partial charge in [0.15, 0.2) is 0 Å². The van der Waals surface area contributed by atoms with Gasteiger partial charge in [-0.15, -0.1) is 0 Å². The number of rotatable bonds is 5. The minimum atomic E-state index is -3.60. The minimum absolute atomic E-state index is 0.160. The van der Waals surface area contributed by atoms with Gasteiger partial charge in [-0.25, -0.2) is 8.42 Å². The lowest BCUT2D eigenvalue weighted by Crippen LogP contribution is -2.62. The molecule has 0 saturated carbocycles. The van der Waals surface area contributed by atoms with E-state index in [4.69, 9.17) is 4.74 Å². The Labute approximate surface area is 134 Å². The average Bonchev–Trinajstić information content (AvgIpc) is 2.79. The molecule has 2 saturated heterocycles. The fraction of sp³-hybridized carbons (Fsp3) is 0.467. The highest BCUT2D eigenvalue weighted by Crippen LogP contribution is 2.28. The molecule has 8 heteroatoms. The molecule has 0 atom stereocenters. The maximum Gasteiger partial charge on any atom is 0.243 e. The van der Waals surface area contributed by atoms with Crippen LogP contribution in [0.3, 0.4) is 0 Å². The molecule has 0 aliphatic carbocycles. The first kappa shape index (κ1) is 15.9. The molecule has 1 aromatic rings. The van der Waals surface area contributed by atoms with Gasteiger partial charge in [-0.05, 0) is 31.2 Å². The normalized spacial score (nSPS) is 20.0. The van der Waals surface area contributed by atoms with Gasteiger partial charge >= 0.3 is 0 Å². The Hall–Kier alpha value is -1.93. The molecule has 2 aliphatic heterocycles. The largest absolute Gasteiger partial charge is 0.494 e. The summed E-state index contributed by atoms with van der Waals surface area (Å²) in [5.74, 6) is 0.192. The Morgan fingerprint density at radius 1 is 1.09 bits per heavy atom. The van der Waals surface area contributed by atoms with Crippen molar-refractivity contribution in [2.24, 2.45) is 0 Å². The van der Waals surface area contributed by atoms with Crippen molar-refractivity contribution < 1.29 is 22.7 Å². The smallest absolute Gasteiger partial charge is 0.243 e. The van der Waals surface area contributed by atoms with Crippen molar-refractivity contribution >= 4 is 21.8 Å². The monoisotopic (exact) mass is 338 g/mol. The number of imide groups is 1. The Balaban J connectivity index is 1.68. The van der Waals surface area contributed by atoms with Crippen LogP contribution in [0.25, 0.3) is 0 Å². The predicted octanol–water partition coefficient (Wildman–Crippen LogP) is 0.607. The Morgan fingerprint density at radius 2 is 1.65 bits per heavy atom. The lowest BCUT2D eigenvalue weighted by molar-refractivity contribution is -0.143. The van der Waals surface area contributed by atoms with Gasteiger partial charge in [-0.3, -0.25) is 14.5 Å². The summed E-state index contributed by atoms with van der Waals surface area (Å²) in [6.45, 7) is 2.68. The number of carbonyl (C=O) groups excluding carboxylic acids is 2. The zero-order valence-electron chi connectivity index (χ0n) is 12.8. The Morgan fingerprint density at radius 3 is 2.17 bits per heavy atom. The summed E-state index contributed by atoms with van der Waals surface area (Å²) in [6.07, 6.45) is 0.446. The summed E-state index contributed by atoms with van der Waals surface area (Å²) in [5.41, 5.74) is 0. The van der Waals surface area contributed by atoms with Gasteiger partial charge in [-0.2, -0.15) is 4.31 Å². The van der Waals surface area contributed by atoms with Gasteiger partial charge in [0, 0.05) is 25.9 Å². The third-order valence-corrected chi connectivity index (χ3v) is 5.90. The molecule has 7 nitrogen and oxygen atoms in total. The maximum absolute atomic E-state index is 12.5. The highest BCUT2D eigenvalue weighted by Gasteiger charge is 2.45. The SMILES string of the molecule is CCOc1ccc(S(=O)(=O)N2CC(N3C(=O)CCC3=O)C2)cc1. The van der Waals surface area contributed by atoms with E-state index < -0.39 is 10.0 Å². The van der Waals surface area contributed by atoms with Crippen molar-refractivity contribution in [2.75, 3.05) is 19.7 Å². The van der Waals surface area contributed by atoms with Crippen LogP contribution in [0.15, 0.2) is 29.2 Å². The van der Waals surface area contributed by atoms with Crippen LogP contribution >= 0.6 is 0 Å². The first-order valence-electron chi connectivity index (χ1n) is 7.51. The van der Waals surface area contributed by atoms with Crippen molar-refractivity contribution in [1.29, 1.82) is 0 Å². The van der Waals surface area contributed by atoms with Crippen molar-refractivity contribution in [3.05, 3.63) is 24.3 Å². The van der Waals surface area contributed by atoms with Gasteiger partial charge in [-0.1, -0.05) is 0 Å². The molecule has 1 aromatic carbocycles. The molecule has 0 bridgehead atoms. The van der Waals surface area contributed by atoms with E-state index in [1.807, 2.05) is 6.92 Å². The zero-order valence-corrected chi connectivity index (χ0v) is 13.6. The molecule has 3 rings (SSSR count). The van der Waals surface area contributed by atoms with Crippen molar-refractivity contribution in [1.82, 2.24) is 9.21 Å². The van der Waals surface area contributed by atoms with E-state index in [0.717, 1.165) is 0 Å².